The van der Waals surface area contributed by atoms with E-state index in [1.807, 2.05) is 0 Å². The Morgan fingerprint density at radius 3 is 2.14 bits per heavy atom. The van der Waals surface area contributed by atoms with Crippen LogP contribution in [0.5, 0.6) is 5.75 Å². The molecular formula is C6H2BrN2O5-. The van der Waals surface area contributed by atoms with Crippen molar-refractivity contribution in [3.05, 3.63) is 36.8 Å². The maximum Gasteiger partial charge on any atom is 0.277 e. The van der Waals surface area contributed by atoms with Crippen LogP contribution in [0, 0.1) is 20.2 Å². The van der Waals surface area contributed by atoms with Gasteiger partial charge in [-0.1, -0.05) is 15.9 Å². The van der Waals surface area contributed by atoms with Crippen LogP contribution in [0.25, 0.3) is 0 Å². The first-order chi connectivity index (χ1) is 6.43. The average molecular weight is 262 g/mol. The zero-order valence-corrected chi connectivity index (χ0v) is 8.05. The van der Waals surface area contributed by atoms with E-state index in [1.54, 1.807) is 0 Å². The molecule has 1 aromatic rings. The fraction of sp³-hybridized carbons (Fsp3) is 0. The van der Waals surface area contributed by atoms with Gasteiger partial charge in [0.2, 0.25) is 0 Å². The van der Waals surface area contributed by atoms with E-state index in [2.05, 4.69) is 15.9 Å². The molecule has 0 atom stereocenters. The van der Waals surface area contributed by atoms with Crippen molar-refractivity contribution in [2.24, 2.45) is 0 Å². The highest BCUT2D eigenvalue weighted by Crippen LogP contribution is 2.35. The molecule has 0 aromatic heterocycles. The van der Waals surface area contributed by atoms with E-state index in [0.717, 1.165) is 6.07 Å². The molecule has 0 radical (unpaired) electrons. The Morgan fingerprint density at radius 2 is 1.71 bits per heavy atom. The molecule has 0 saturated carbocycles. The van der Waals surface area contributed by atoms with Crippen LogP contribution in [0.1, 0.15) is 0 Å². The number of nitro groups is 2. The van der Waals surface area contributed by atoms with Gasteiger partial charge in [-0.25, -0.2) is 0 Å². The Hall–Kier alpha value is -1.70. The van der Waals surface area contributed by atoms with Crippen LogP contribution >= 0.6 is 15.9 Å². The van der Waals surface area contributed by atoms with Crippen LogP contribution in [0.4, 0.5) is 11.4 Å². The molecule has 0 aliphatic heterocycles. The van der Waals surface area contributed by atoms with Gasteiger partial charge in [0, 0.05) is 10.5 Å². The van der Waals surface area contributed by atoms with Gasteiger partial charge in [0.15, 0.2) is 0 Å². The van der Waals surface area contributed by atoms with Gasteiger partial charge in [-0.15, -0.1) is 0 Å². The lowest BCUT2D eigenvalue weighted by molar-refractivity contribution is -0.403. The highest BCUT2D eigenvalue weighted by Gasteiger charge is 2.17. The van der Waals surface area contributed by atoms with Crippen molar-refractivity contribution in [1.82, 2.24) is 0 Å². The van der Waals surface area contributed by atoms with Gasteiger partial charge < -0.3 is 5.11 Å². The SMILES string of the molecule is O=[N+]([O-])c1cc(Br)c([O-])c([N+](=O)[O-])c1. The highest BCUT2D eigenvalue weighted by atomic mass is 79.9. The van der Waals surface area contributed by atoms with Crippen molar-refractivity contribution in [3.8, 4) is 5.75 Å². The number of nitrogens with zero attached hydrogens (tertiary/aromatic N) is 2. The molecule has 14 heavy (non-hydrogen) atoms. The second-order valence-corrected chi connectivity index (χ2v) is 3.14. The Labute approximate surface area is 85.4 Å². The van der Waals surface area contributed by atoms with Crippen molar-refractivity contribution < 1.29 is 15.0 Å². The molecule has 0 aliphatic rings. The zero-order valence-electron chi connectivity index (χ0n) is 6.47. The minimum Gasteiger partial charge on any atom is -0.867 e. The fourth-order valence-electron chi connectivity index (χ4n) is 0.806. The minimum absolute atomic E-state index is 0.196. The summed E-state index contributed by atoms with van der Waals surface area (Å²) in [4.78, 5) is 18.8. The predicted molar refractivity (Wildman–Crippen MR) is 46.9 cm³/mol. The summed E-state index contributed by atoms with van der Waals surface area (Å²) >= 11 is 2.71. The molecule has 0 bridgehead atoms. The Morgan fingerprint density at radius 1 is 1.14 bits per heavy atom. The van der Waals surface area contributed by atoms with Gasteiger partial charge in [0.25, 0.3) is 11.4 Å². The molecule has 0 unspecified atom stereocenters. The molecule has 0 saturated heterocycles. The zero-order chi connectivity index (χ0) is 10.9. The van der Waals surface area contributed by atoms with Crippen LogP contribution < -0.4 is 5.11 Å². The summed E-state index contributed by atoms with van der Waals surface area (Å²) in [6, 6.07) is 1.56. The number of halogens is 1. The van der Waals surface area contributed by atoms with Gasteiger partial charge in [-0.2, -0.15) is 0 Å². The first-order valence-electron chi connectivity index (χ1n) is 3.23. The molecule has 0 heterocycles. The minimum atomic E-state index is -0.958. The molecule has 0 amide bonds. The van der Waals surface area contributed by atoms with Gasteiger partial charge in [0.1, 0.15) is 0 Å². The van der Waals surface area contributed by atoms with E-state index in [-0.39, 0.29) is 4.47 Å². The maximum absolute atomic E-state index is 11.1. The number of hydrogen-bond acceptors (Lipinski definition) is 5. The van der Waals surface area contributed by atoms with Crippen molar-refractivity contribution in [3.63, 3.8) is 0 Å². The molecule has 0 aliphatic carbocycles. The van der Waals surface area contributed by atoms with E-state index in [1.165, 1.54) is 0 Å². The second kappa shape index (κ2) is 3.58. The van der Waals surface area contributed by atoms with Crippen LogP contribution in [0.15, 0.2) is 16.6 Å². The summed E-state index contributed by atoms with van der Waals surface area (Å²) in [6.07, 6.45) is 0. The fourth-order valence-corrected chi connectivity index (χ4v) is 1.24. The van der Waals surface area contributed by atoms with E-state index >= 15 is 0 Å². The van der Waals surface area contributed by atoms with Gasteiger partial charge in [-0.3, -0.25) is 20.2 Å². The molecule has 1 rings (SSSR count). The Balaban J connectivity index is 3.43. The molecular weight excluding hydrogens is 260 g/mol. The average Bonchev–Trinajstić information content (AvgIpc) is 2.08. The van der Waals surface area contributed by atoms with Crippen LogP contribution in [0.3, 0.4) is 0 Å². The van der Waals surface area contributed by atoms with Gasteiger partial charge in [0.05, 0.1) is 15.9 Å². The second-order valence-electron chi connectivity index (χ2n) is 2.29. The molecule has 0 N–H and O–H groups in total. The number of benzene rings is 1. The standard InChI is InChI=1S/C6H3BrN2O5/c7-4-1-3(8(11)12)2-5(6(4)10)9(13)14/h1-2,10H/p-1. The summed E-state index contributed by atoms with van der Waals surface area (Å²) in [7, 11) is 0. The van der Waals surface area contributed by atoms with E-state index < -0.39 is 27.0 Å². The summed E-state index contributed by atoms with van der Waals surface area (Å²) in [5, 5.41) is 31.7. The summed E-state index contributed by atoms with van der Waals surface area (Å²) < 4.78 is -0.196. The first-order valence-corrected chi connectivity index (χ1v) is 4.02. The number of hydrogen-bond donors (Lipinski definition) is 0. The highest BCUT2D eigenvalue weighted by molar-refractivity contribution is 9.10. The van der Waals surface area contributed by atoms with Crippen molar-refractivity contribution >= 4 is 27.3 Å². The van der Waals surface area contributed by atoms with Crippen molar-refractivity contribution in [1.29, 1.82) is 0 Å². The smallest absolute Gasteiger partial charge is 0.277 e. The van der Waals surface area contributed by atoms with Gasteiger partial charge in [-0.05, 0) is 5.75 Å². The van der Waals surface area contributed by atoms with E-state index in [4.69, 9.17) is 0 Å². The molecule has 8 heteroatoms. The topological polar surface area (TPSA) is 109 Å². The van der Waals surface area contributed by atoms with Gasteiger partial charge >= 0.3 is 0 Å². The summed E-state index contributed by atoms with van der Waals surface area (Å²) in [6.45, 7) is 0. The lowest BCUT2D eigenvalue weighted by Gasteiger charge is -2.07. The van der Waals surface area contributed by atoms with Crippen molar-refractivity contribution in [2.75, 3.05) is 0 Å². The lowest BCUT2D eigenvalue weighted by Crippen LogP contribution is -2.00. The van der Waals surface area contributed by atoms with Crippen molar-refractivity contribution in [2.45, 2.75) is 0 Å². The number of non-ortho nitro benzene ring substituents is 1. The molecule has 1 aromatic carbocycles. The molecule has 0 fully saturated rings. The summed E-state index contributed by atoms with van der Waals surface area (Å²) in [5.74, 6) is -0.874. The lowest BCUT2D eigenvalue weighted by atomic mass is 10.2. The molecule has 0 spiro atoms. The van der Waals surface area contributed by atoms with Crippen LogP contribution in [-0.2, 0) is 0 Å². The first kappa shape index (κ1) is 10.4. The largest absolute Gasteiger partial charge is 0.867 e. The van der Waals surface area contributed by atoms with Crippen LogP contribution in [-0.4, -0.2) is 9.85 Å². The third kappa shape index (κ3) is 1.79. The maximum atomic E-state index is 11.1. The van der Waals surface area contributed by atoms with Crippen LogP contribution in [0.2, 0.25) is 0 Å². The molecule has 74 valence electrons. The third-order valence-corrected chi connectivity index (χ3v) is 2.01. The Bertz CT molecular complexity index is 419. The molecule has 7 nitrogen and oxygen atoms in total. The van der Waals surface area contributed by atoms with E-state index in [0.29, 0.717) is 6.07 Å². The number of rotatable bonds is 2. The third-order valence-electron chi connectivity index (χ3n) is 1.42. The quantitative estimate of drug-likeness (QED) is 0.589. The monoisotopic (exact) mass is 261 g/mol. The van der Waals surface area contributed by atoms with E-state index in [9.17, 15) is 25.3 Å². The predicted octanol–water partition coefficient (Wildman–Crippen LogP) is 1.34. The number of nitro benzene ring substituents is 2. The normalized spacial score (nSPS) is 9.79. The summed E-state index contributed by atoms with van der Waals surface area (Å²) in [5.41, 5.74) is -1.31. The Kier molecular flexibility index (Phi) is 2.65.